The molecule has 5 nitrogen and oxygen atoms in total. The lowest BCUT2D eigenvalue weighted by molar-refractivity contribution is -0.151. The lowest BCUT2D eigenvalue weighted by atomic mass is 9.85. The average Bonchev–Trinajstić information content (AvgIpc) is 2.76. The molecule has 3 rings (SSSR count). The number of methoxy groups -OCH3 is 1. The van der Waals surface area contributed by atoms with Crippen LogP contribution in [0.2, 0.25) is 0 Å². The zero-order valence-electron chi connectivity index (χ0n) is 20.2. The Morgan fingerprint density at radius 1 is 1.18 bits per heavy atom. The quantitative estimate of drug-likeness (QED) is 0.352. The highest BCUT2D eigenvalue weighted by Crippen LogP contribution is 2.47. The molecule has 0 aliphatic carbocycles. The number of aryl methyl sites for hydroxylation is 1. The molecule has 0 spiro atoms. The fraction of sp³-hybridized carbons (Fsp3) is 0.370. The van der Waals surface area contributed by atoms with Crippen LogP contribution >= 0.6 is 0 Å². The van der Waals surface area contributed by atoms with Gasteiger partial charge in [-0.2, -0.15) is 4.36 Å². The summed E-state index contributed by atoms with van der Waals surface area (Å²) in [6.45, 7) is 9.63. The summed E-state index contributed by atoms with van der Waals surface area (Å²) >= 11 is 0. The Labute approximate surface area is 197 Å². The summed E-state index contributed by atoms with van der Waals surface area (Å²) in [7, 11) is -1.26. The van der Waals surface area contributed by atoms with Crippen molar-refractivity contribution >= 4 is 21.4 Å². The Balaban J connectivity index is 2.25. The predicted octanol–water partition coefficient (Wildman–Crippen LogP) is 6.35. The molecule has 1 heterocycles. The van der Waals surface area contributed by atoms with Crippen molar-refractivity contribution < 1.29 is 18.5 Å². The van der Waals surface area contributed by atoms with Gasteiger partial charge < -0.3 is 9.47 Å². The molecule has 0 radical (unpaired) electrons. The number of rotatable bonds is 7. The number of fused-ring (bicyclic) bond motifs is 1. The molecule has 0 bridgehead atoms. The summed E-state index contributed by atoms with van der Waals surface area (Å²) < 4.78 is 30.2. The zero-order chi connectivity index (χ0) is 24.2. The number of esters is 1. The molecule has 0 unspecified atom stereocenters. The van der Waals surface area contributed by atoms with E-state index in [4.69, 9.17) is 13.8 Å². The van der Waals surface area contributed by atoms with Crippen molar-refractivity contribution in [2.75, 3.05) is 12.9 Å². The van der Waals surface area contributed by atoms with Gasteiger partial charge in [-0.05, 0) is 63.9 Å². The first-order chi connectivity index (χ1) is 15.6. The molecule has 0 N–H and O–H groups in total. The minimum Gasteiger partial charge on any atom is -0.494 e. The number of ether oxygens (including phenoxy) is 2. The topological polar surface area (TPSA) is 65.0 Å². The van der Waals surface area contributed by atoms with Gasteiger partial charge in [0.1, 0.15) is 11.4 Å². The van der Waals surface area contributed by atoms with E-state index in [0.717, 1.165) is 16.7 Å². The van der Waals surface area contributed by atoms with Gasteiger partial charge in [0, 0.05) is 16.6 Å². The van der Waals surface area contributed by atoms with Crippen LogP contribution < -0.4 is 4.74 Å². The van der Waals surface area contributed by atoms with Gasteiger partial charge in [0.2, 0.25) is 0 Å². The van der Waals surface area contributed by atoms with Crippen LogP contribution in [0.5, 0.6) is 5.75 Å². The SMILES string of the molecule is COc1cc(C)cc2c1N=[S@](=O)(c1ccccc1)C[C@@H]2[C@H](/C=C/C=C(C)C)C(=O)OC(C)C. The van der Waals surface area contributed by atoms with E-state index in [2.05, 4.69) is 0 Å². The van der Waals surface area contributed by atoms with Crippen molar-refractivity contribution in [2.45, 2.75) is 51.5 Å². The van der Waals surface area contributed by atoms with Crippen LogP contribution in [-0.4, -0.2) is 29.1 Å². The molecule has 0 saturated heterocycles. The third kappa shape index (κ3) is 5.74. The number of nitrogens with zero attached hydrogens (tertiary/aromatic N) is 1. The second kappa shape index (κ2) is 10.4. The van der Waals surface area contributed by atoms with Gasteiger partial charge in [0.25, 0.3) is 0 Å². The highest BCUT2D eigenvalue weighted by atomic mass is 32.2. The van der Waals surface area contributed by atoms with Crippen molar-refractivity contribution in [1.82, 2.24) is 0 Å². The van der Waals surface area contributed by atoms with Crippen molar-refractivity contribution in [3.8, 4) is 5.75 Å². The molecule has 1 aliphatic heterocycles. The molecule has 0 saturated carbocycles. The number of hydrogen-bond donors (Lipinski definition) is 0. The monoisotopic (exact) mass is 467 g/mol. The molecule has 2 aromatic carbocycles. The third-order valence-electron chi connectivity index (χ3n) is 5.43. The fourth-order valence-electron chi connectivity index (χ4n) is 3.96. The Morgan fingerprint density at radius 3 is 2.48 bits per heavy atom. The molecule has 0 amide bonds. The molecule has 6 heteroatoms. The molecule has 0 fully saturated rings. The number of carbonyl (C=O) groups is 1. The minimum atomic E-state index is -2.84. The van der Waals surface area contributed by atoms with E-state index >= 15 is 0 Å². The molecular formula is C27H33NO4S. The number of hydrogen-bond acceptors (Lipinski definition) is 5. The van der Waals surface area contributed by atoms with Crippen molar-refractivity contribution in [2.24, 2.45) is 10.3 Å². The minimum absolute atomic E-state index is 0.216. The summed E-state index contributed by atoms with van der Waals surface area (Å²) in [5, 5.41) is 0. The molecular weight excluding hydrogens is 434 g/mol. The molecule has 33 heavy (non-hydrogen) atoms. The van der Waals surface area contributed by atoms with Crippen LogP contribution in [0.4, 0.5) is 5.69 Å². The van der Waals surface area contributed by atoms with Gasteiger partial charge >= 0.3 is 5.97 Å². The Bertz CT molecular complexity index is 1180. The van der Waals surface area contributed by atoms with E-state index in [1.165, 1.54) is 0 Å². The zero-order valence-corrected chi connectivity index (χ0v) is 21.0. The standard InChI is InChI=1S/C27H33NO4S/c1-18(2)11-10-14-22(27(29)32-19(3)4)24-17-33(30,21-12-8-7-9-13-21)28-26-23(24)15-20(5)16-25(26)31-6/h7-16,19,22,24H,17H2,1-6H3/b14-10+/t22-,24+,33+/m0/s1. The second-order valence-electron chi connectivity index (χ2n) is 8.86. The Hall–Kier alpha value is -2.86. The highest BCUT2D eigenvalue weighted by Gasteiger charge is 2.38. The summed E-state index contributed by atoms with van der Waals surface area (Å²) in [4.78, 5) is 13.9. The van der Waals surface area contributed by atoms with E-state index in [0.29, 0.717) is 16.3 Å². The largest absolute Gasteiger partial charge is 0.494 e. The molecule has 2 aromatic rings. The molecule has 3 atom stereocenters. The Kier molecular flexibility index (Phi) is 7.80. The lowest BCUT2D eigenvalue weighted by Gasteiger charge is -2.31. The first kappa shape index (κ1) is 24.8. The van der Waals surface area contributed by atoms with Crippen LogP contribution in [0.1, 0.15) is 44.7 Å². The fourth-order valence-corrected chi connectivity index (χ4v) is 6.28. The number of benzene rings is 2. The summed E-state index contributed by atoms with van der Waals surface area (Å²) in [6, 6.07) is 13.2. The number of allylic oxidation sites excluding steroid dienone is 3. The van der Waals surface area contributed by atoms with Crippen molar-refractivity contribution in [3.63, 3.8) is 0 Å². The summed E-state index contributed by atoms with van der Waals surface area (Å²) in [5.74, 6) is -0.562. The van der Waals surface area contributed by atoms with Crippen LogP contribution in [0.3, 0.4) is 0 Å². The highest BCUT2D eigenvalue weighted by molar-refractivity contribution is 7.93. The third-order valence-corrected chi connectivity index (χ3v) is 7.73. The molecule has 176 valence electrons. The van der Waals surface area contributed by atoms with Gasteiger partial charge in [-0.15, -0.1) is 0 Å². The van der Waals surface area contributed by atoms with Gasteiger partial charge in [-0.25, -0.2) is 4.21 Å². The van der Waals surface area contributed by atoms with Crippen LogP contribution in [0.15, 0.2) is 75.5 Å². The normalized spacial score (nSPS) is 20.6. The van der Waals surface area contributed by atoms with E-state index in [9.17, 15) is 9.00 Å². The van der Waals surface area contributed by atoms with Crippen molar-refractivity contribution in [3.05, 3.63) is 77.4 Å². The maximum atomic E-state index is 14.3. The van der Waals surface area contributed by atoms with Crippen LogP contribution in [-0.2, 0) is 19.3 Å². The van der Waals surface area contributed by atoms with E-state index in [-0.39, 0.29) is 23.7 Å². The predicted molar refractivity (Wildman–Crippen MR) is 134 cm³/mol. The maximum absolute atomic E-state index is 14.3. The first-order valence-corrected chi connectivity index (χ1v) is 12.8. The first-order valence-electron chi connectivity index (χ1n) is 11.1. The van der Waals surface area contributed by atoms with Gasteiger partial charge in [-0.1, -0.05) is 48.1 Å². The van der Waals surface area contributed by atoms with Gasteiger partial charge in [0.15, 0.2) is 0 Å². The maximum Gasteiger partial charge on any atom is 0.313 e. The van der Waals surface area contributed by atoms with Crippen LogP contribution in [0.25, 0.3) is 0 Å². The van der Waals surface area contributed by atoms with Gasteiger partial charge in [0.05, 0.1) is 28.9 Å². The average molecular weight is 468 g/mol. The van der Waals surface area contributed by atoms with E-state index in [1.807, 2.05) is 95.3 Å². The van der Waals surface area contributed by atoms with E-state index < -0.39 is 15.6 Å². The molecule has 1 aliphatic rings. The number of carbonyl (C=O) groups excluding carboxylic acids is 1. The summed E-state index contributed by atoms with van der Waals surface area (Å²) in [6.07, 6.45) is 5.44. The Morgan fingerprint density at radius 2 is 1.88 bits per heavy atom. The van der Waals surface area contributed by atoms with E-state index in [1.54, 1.807) is 7.11 Å². The second-order valence-corrected chi connectivity index (χ2v) is 11.1. The molecule has 0 aromatic heterocycles. The smallest absolute Gasteiger partial charge is 0.313 e. The van der Waals surface area contributed by atoms with Crippen molar-refractivity contribution in [1.29, 1.82) is 0 Å². The lowest BCUT2D eigenvalue weighted by Crippen LogP contribution is -2.31. The summed E-state index contributed by atoms with van der Waals surface area (Å²) in [5.41, 5.74) is 3.51. The van der Waals surface area contributed by atoms with Crippen LogP contribution in [0, 0.1) is 12.8 Å². The van der Waals surface area contributed by atoms with Gasteiger partial charge in [-0.3, -0.25) is 4.79 Å².